The van der Waals surface area contributed by atoms with Crippen molar-refractivity contribution in [2.24, 2.45) is 0 Å². The quantitative estimate of drug-likeness (QED) is 0.684. The molecule has 1 N–H and O–H groups in total. The van der Waals surface area contributed by atoms with E-state index in [0.717, 1.165) is 17.7 Å². The Balaban J connectivity index is 1.39. The van der Waals surface area contributed by atoms with Gasteiger partial charge in [0, 0.05) is 31.0 Å². The number of tetrazole rings is 1. The minimum Gasteiger partial charge on any atom is -0.331 e. The molecular formula is C20H21N7O2. The van der Waals surface area contributed by atoms with Gasteiger partial charge in [-0.2, -0.15) is 0 Å². The lowest BCUT2D eigenvalue weighted by atomic mass is 10.1. The SMILES string of the molecule is O=C(Nc1cccc(-n2cnnn2)c1)[C@@H]1CCCN1C(=O)CCc1cccnc1. The number of carbonyl (C=O) groups excluding carboxylic acids is 2. The lowest BCUT2D eigenvalue weighted by Crippen LogP contribution is -2.43. The Labute approximate surface area is 167 Å². The molecule has 1 aliphatic rings. The Morgan fingerprint density at radius 1 is 1.21 bits per heavy atom. The zero-order chi connectivity index (χ0) is 20.1. The van der Waals surface area contributed by atoms with E-state index in [0.29, 0.717) is 31.5 Å². The van der Waals surface area contributed by atoms with Crippen LogP contribution in [0.4, 0.5) is 5.69 Å². The first-order valence-corrected chi connectivity index (χ1v) is 9.53. The molecule has 148 valence electrons. The normalized spacial score (nSPS) is 16.0. The van der Waals surface area contributed by atoms with Gasteiger partial charge in [-0.25, -0.2) is 4.68 Å². The maximum absolute atomic E-state index is 12.8. The summed E-state index contributed by atoms with van der Waals surface area (Å²) in [5.41, 5.74) is 2.39. The van der Waals surface area contributed by atoms with Crippen molar-refractivity contribution in [2.75, 3.05) is 11.9 Å². The Morgan fingerprint density at radius 3 is 2.93 bits per heavy atom. The summed E-state index contributed by atoms with van der Waals surface area (Å²) < 4.78 is 1.51. The number of aromatic nitrogens is 5. The molecule has 3 aromatic rings. The number of pyridine rings is 1. The Morgan fingerprint density at radius 2 is 2.14 bits per heavy atom. The molecule has 2 amide bonds. The van der Waals surface area contributed by atoms with Crippen molar-refractivity contribution in [1.82, 2.24) is 30.1 Å². The Kier molecular flexibility index (Phi) is 5.55. The fourth-order valence-corrected chi connectivity index (χ4v) is 3.51. The summed E-state index contributed by atoms with van der Waals surface area (Å²) in [6.45, 7) is 0.606. The number of anilines is 1. The van der Waals surface area contributed by atoms with Gasteiger partial charge in [0.1, 0.15) is 12.4 Å². The zero-order valence-electron chi connectivity index (χ0n) is 15.8. The van der Waals surface area contributed by atoms with Crippen LogP contribution in [0.15, 0.2) is 55.1 Å². The highest BCUT2D eigenvalue weighted by molar-refractivity contribution is 5.97. The van der Waals surface area contributed by atoms with E-state index < -0.39 is 6.04 Å². The third-order valence-corrected chi connectivity index (χ3v) is 4.95. The maximum atomic E-state index is 12.8. The number of nitrogens with one attached hydrogen (secondary N) is 1. The van der Waals surface area contributed by atoms with Crippen molar-refractivity contribution in [3.63, 3.8) is 0 Å². The van der Waals surface area contributed by atoms with Crippen LogP contribution in [0, 0.1) is 0 Å². The third-order valence-electron chi connectivity index (χ3n) is 4.95. The van der Waals surface area contributed by atoms with E-state index in [9.17, 15) is 9.59 Å². The average molecular weight is 391 g/mol. The summed E-state index contributed by atoms with van der Waals surface area (Å²) in [5, 5.41) is 14.0. The number of nitrogens with zero attached hydrogens (tertiary/aromatic N) is 6. The summed E-state index contributed by atoms with van der Waals surface area (Å²) in [4.78, 5) is 31.3. The Hall–Kier alpha value is -3.62. The largest absolute Gasteiger partial charge is 0.331 e. The predicted molar refractivity (Wildman–Crippen MR) is 105 cm³/mol. The molecule has 1 fully saturated rings. The molecule has 0 radical (unpaired) electrons. The first kappa shape index (κ1) is 18.7. The van der Waals surface area contributed by atoms with Crippen LogP contribution >= 0.6 is 0 Å². The fraction of sp³-hybridized carbons (Fsp3) is 0.300. The second-order valence-electron chi connectivity index (χ2n) is 6.90. The molecule has 1 aromatic carbocycles. The molecule has 3 heterocycles. The van der Waals surface area contributed by atoms with Crippen molar-refractivity contribution in [3.05, 3.63) is 60.7 Å². The topological polar surface area (TPSA) is 106 Å². The van der Waals surface area contributed by atoms with Crippen LogP contribution in [-0.2, 0) is 16.0 Å². The molecule has 2 aromatic heterocycles. The van der Waals surface area contributed by atoms with Gasteiger partial charge in [-0.3, -0.25) is 14.6 Å². The highest BCUT2D eigenvalue weighted by Crippen LogP contribution is 2.21. The molecule has 0 unspecified atom stereocenters. The van der Waals surface area contributed by atoms with Crippen molar-refractivity contribution in [2.45, 2.75) is 31.7 Å². The van der Waals surface area contributed by atoms with Crippen LogP contribution in [0.3, 0.4) is 0 Å². The first-order valence-electron chi connectivity index (χ1n) is 9.53. The number of carbonyl (C=O) groups is 2. The van der Waals surface area contributed by atoms with E-state index in [1.807, 2.05) is 24.3 Å². The van der Waals surface area contributed by atoms with Crippen molar-refractivity contribution in [1.29, 1.82) is 0 Å². The van der Waals surface area contributed by atoms with Gasteiger partial charge in [-0.15, -0.1) is 5.10 Å². The van der Waals surface area contributed by atoms with Gasteiger partial charge < -0.3 is 10.2 Å². The van der Waals surface area contributed by atoms with E-state index in [1.54, 1.807) is 29.4 Å². The summed E-state index contributed by atoms with van der Waals surface area (Å²) in [6.07, 6.45) is 7.43. The number of rotatable bonds is 6. The zero-order valence-corrected chi connectivity index (χ0v) is 15.8. The van der Waals surface area contributed by atoms with Gasteiger partial charge in [0.05, 0.1) is 5.69 Å². The van der Waals surface area contributed by atoms with Crippen molar-refractivity contribution in [3.8, 4) is 5.69 Å². The Bertz CT molecular complexity index is 976. The average Bonchev–Trinajstić information content (AvgIpc) is 3.45. The summed E-state index contributed by atoms with van der Waals surface area (Å²) in [7, 11) is 0. The van der Waals surface area contributed by atoms with Gasteiger partial charge >= 0.3 is 0 Å². The standard InChI is InChI=1S/C20H21N7O2/c28-19(9-8-15-4-2-10-21-13-15)26-11-3-7-18(26)20(29)23-16-5-1-6-17(12-16)27-14-22-24-25-27/h1-2,4-6,10,12-14,18H,3,7-9,11H2,(H,23,29)/t18-/m0/s1. The van der Waals surface area contributed by atoms with Crippen LogP contribution in [0.25, 0.3) is 5.69 Å². The number of benzene rings is 1. The van der Waals surface area contributed by atoms with E-state index >= 15 is 0 Å². The minimum absolute atomic E-state index is 0.00561. The highest BCUT2D eigenvalue weighted by Gasteiger charge is 2.33. The molecule has 0 saturated carbocycles. The molecule has 0 aliphatic carbocycles. The third kappa shape index (κ3) is 4.45. The molecule has 1 saturated heterocycles. The number of amides is 2. The number of hydrogen-bond donors (Lipinski definition) is 1. The second kappa shape index (κ2) is 8.59. The molecule has 1 aliphatic heterocycles. The van der Waals surface area contributed by atoms with Gasteiger partial charge in [0.25, 0.3) is 0 Å². The minimum atomic E-state index is -0.451. The van der Waals surface area contributed by atoms with Crippen LogP contribution < -0.4 is 5.32 Å². The number of aryl methyl sites for hydroxylation is 1. The van der Waals surface area contributed by atoms with Gasteiger partial charge in [-0.05, 0) is 59.5 Å². The van der Waals surface area contributed by atoms with E-state index in [-0.39, 0.29) is 11.8 Å². The molecule has 1 atom stereocenters. The lowest BCUT2D eigenvalue weighted by Gasteiger charge is -2.24. The molecular weight excluding hydrogens is 370 g/mol. The summed E-state index contributed by atoms with van der Waals surface area (Å²) in [6, 6.07) is 10.6. The van der Waals surface area contributed by atoms with Gasteiger partial charge in [-0.1, -0.05) is 12.1 Å². The van der Waals surface area contributed by atoms with Gasteiger partial charge in [0.15, 0.2) is 0 Å². The molecule has 0 spiro atoms. The van der Waals surface area contributed by atoms with Crippen LogP contribution in [-0.4, -0.2) is 54.5 Å². The molecule has 29 heavy (non-hydrogen) atoms. The fourth-order valence-electron chi connectivity index (χ4n) is 3.51. The van der Waals surface area contributed by atoms with E-state index in [4.69, 9.17) is 0 Å². The molecule has 9 heteroatoms. The highest BCUT2D eigenvalue weighted by atomic mass is 16.2. The van der Waals surface area contributed by atoms with Crippen LogP contribution in [0.5, 0.6) is 0 Å². The number of likely N-dealkylation sites (tertiary alicyclic amines) is 1. The predicted octanol–water partition coefficient (Wildman–Crippen LogP) is 1.62. The second-order valence-corrected chi connectivity index (χ2v) is 6.90. The monoisotopic (exact) mass is 391 g/mol. The van der Waals surface area contributed by atoms with E-state index in [2.05, 4.69) is 25.8 Å². The van der Waals surface area contributed by atoms with Gasteiger partial charge in [0.2, 0.25) is 11.8 Å². The molecule has 4 rings (SSSR count). The van der Waals surface area contributed by atoms with Crippen molar-refractivity contribution >= 4 is 17.5 Å². The van der Waals surface area contributed by atoms with Crippen molar-refractivity contribution < 1.29 is 9.59 Å². The summed E-state index contributed by atoms with van der Waals surface area (Å²) >= 11 is 0. The lowest BCUT2D eigenvalue weighted by molar-refractivity contribution is -0.136. The maximum Gasteiger partial charge on any atom is 0.247 e. The smallest absolute Gasteiger partial charge is 0.247 e. The van der Waals surface area contributed by atoms with Crippen LogP contribution in [0.2, 0.25) is 0 Å². The number of hydrogen-bond acceptors (Lipinski definition) is 6. The molecule has 0 bridgehead atoms. The summed E-state index contributed by atoms with van der Waals surface area (Å²) in [5.74, 6) is -0.181. The first-order chi connectivity index (χ1) is 14.2. The van der Waals surface area contributed by atoms with Crippen LogP contribution in [0.1, 0.15) is 24.8 Å². The van der Waals surface area contributed by atoms with E-state index in [1.165, 1.54) is 11.0 Å². The molecule has 9 nitrogen and oxygen atoms in total.